The third-order valence-corrected chi connectivity index (χ3v) is 1.85. The molecule has 1 N–H and O–H groups in total. The third kappa shape index (κ3) is 3.20. The Hall–Kier alpha value is -0.0600. The molecule has 1 heterocycles. The van der Waals surface area contributed by atoms with E-state index in [1.54, 1.807) is 0 Å². The van der Waals surface area contributed by atoms with Gasteiger partial charge in [0, 0.05) is 24.8 Å². The molecule has 1 saturated heterocycles. The number of rotatable bonds is 1. The maximum Gasteiger partial charge on any atom is 0.168 e. The van der Waals surface area contributed by atoms with Gasteiger partial charge in [-0.1, -0.05) is 0 Å². The molecule has 0 amide bonds. The molecule has 0 atom stereocenters. The Kier molecular flexibility index (Phi) is 3.35. The number of sulfone groups is 1. The summed E-state index contributed by atoms with van der Waals surface area (Å²) in [5, 5.41) is 4.27. The van der Waals surface area contributed by atoms with E-state index in [0.29, 0.717) is 0 Å². The van der Waals surface area contributed by atoms with E-state index in [1.807, 2.05) is 0 Å². The molecule has 0 aromatic rings. The summed E-state index contributed by atoms with van der Waals surface area (Å²) in [5.41, 5.74) is 0.970. The molecular formula is C5H10ClNO2S. The third-order valence-electron chi connectivity index (χ3n) is 1.08. The van der Waals surface area contributed by atoms with Crippen LogP contribution in [0.2, 0.25) is 0 Å². The summed E-state index contributed by atoms with van der Waals surface area (Å²) in [4.78, 5) is 0. The van der Waals surface area contributed by atoms with Crippen LogP contribution in [0.4, 0.5) is 0 Å². The lowest BCUT2D eigenvalue weighted by atomic mass is 10.2. The molecule has 0 unspecified atom stereocenters. The highest BCUT2D eigenvalue weighted by Gasteiger charge is 2.09. The van der Waals surface area contributed by atoms with Gasteiger partial charge in [-0.2, -0.15) is 0 Å². The zero-order chi connectivity index (χ0) is 6.91. The van der Waals surface area contributed by atoms with Gasteiger partial charge in [0.2, 0.25) is 0 Å². The highest BCUT2D eigenvalue weighted by Crippen LogP contribution is 2.02. The zero-order valence-corrected chi connectivity index (χ0v) is 7.26. The topological polar surface area (TPSA) is 46.2 Å². The molecule has 1 fully saturated rings. The Bertz CT molecular complexity index is 226. The van der Waals surface area contributed by atoms with Gasteiger partial charge in [0.05, 0.1) is 0 Å². The van der Waals surface area contributed by atoms with E-state index < -0.39 is 9.84 Å². The van der Waals surface area contributed by atoms with Gasteiger partial charge in [-0.25, -0.2) is 8.42 Å². The molecule has 0 aliphatic carbocycles. The summed E-state index contributed by atoms with van der Waals surface area (Å²) in [7, 11) is -2.89. The lowest BCUT2D eigenvalue weighted by Crippen LogP contribution is -2.34. The fourth-order valence-electron chi connectivity index (χ4n) is 0.655. The Labute approximate surface area is 66.8 Å². The minimum Gasteiger partial charge on any atom is -0.309 e. The predicted octanol–water partition coefficient (Wildman–Crippen LogP) is -0.0601. The quantitative estimate of drug-likeness (QED) is 0.620. The van der Waals surface area contributed by atoms with E-state index in [-0.39, 0.29) is 12.4 Å². The van der Waals surface area contributed by atoms with Gasteiger partial charge in [-0.05, 0) is 5.57 Å². The van der Waals surface area contributed by atoms with Crippen molar-refractivity contribution in [2.24, 2.45) is 0 Å². The molecule has 0 radical (unpaired) electrons. The van der Waals surface area contributed by atoms with E-state index in [0.717, 1.165) is 18.7 Å². The number of halogens is 1. The summed E-state index contributed by atoms with van der Waals surface area (Å²) in [6.07, 6.45) is 1.21. The van der Waals surface area contributed by atoms with Crippen LogP contribution >= 0.6 is 12.4 Å². The second-order valence-electron chi connectivity index (χ2n) is 2.21. The summed E-state index contributed by atoms with van der Waals surface area (Å²) < 4.78 is 21.1. The van der Waals surface area contributed by atoms with Crippen molar-refractivity contribution >= 4 is 22.2 Å². The lowest BCUT2D eigenvalue weighted by molar-refractivity contribution is 0.607. The van der Waals surface area contributed by atoms with Crippen LogP contribution < -0.4 is 5.32 Å². The first kappa shape index (κ1) is 9.94. The summed E-state index contributed by atoms with van der Waals surface area (Å²) in [6, 6.07) is 0. The van der Waals surface area contributed by atoms with E-state index >= 15 is 0 Å². The van der Waals surface area contributed by atoms with Gasteiger partial charge in [-0.15, -0.1) is 12.4 Å². The molecule has 0 aromatic heterocycles. The monoisotopic (exact) mass is 183 g/mol. The average molecular weight is 184 g/mol. The average Bonchev–Trinajstić information content (AvgIpc) is 1.53. The Balaban J connectivity index is 0.000000810. The summed E-state index contributed by atoms with van der Waals surface area (Å²) >= 11 is 0. The SMILES string of the molecule is CS(=O)(=O)C=C1CNC1.Cl. The van der Waals surface area contributed by atoms with Crippen molar-refractivity contribution < 1.29 is 8.42 Å². The van der Waals surface area contributed by atoms with Gasteiger partial charge >= 0.3 is 0 Å². The molecule has 0 saturated carbocycles. The first-order valence-electron chi connectivity index (χ1n) is 2.68. The number of nitrogens with one attached hydrogen (secondary N) is 1. The zero-order valence-electron chi connectivity index (χ0n) is 5.62. The van der Waals surface area contributed by atoms with Crippen LogP contribution in [-0.4, -0.2) is 27.8 Å². The van der Waals surface area contributed by atoms with Crippen LogP contribution in [0.1, 0.15) is 0 Å². The first-order chi connectivity index (χ1) is 4.08. The largest absolute Gasteiger partial charge is 0.309 e. The second kappa shape index (κ2) is 3.37. The van der Waals surface area contributed by atoms with Crippen molar-refractivity contribution in [1.29, 1.82) is 0 Å². The molecular weight excluding hydrogens is 174 g/mol. The molecule has 0 aromatic carbocycles. The normalized spacial score (nSPS) is 17.1. The molecule has 3 nitrogen and oxygen atoms in total. The highest BCUT2D eigenvalue weighted by atomic mass is 35.5. The Morgan fingerprint density at radius 1 is 1.50 bits per heavy atom. The van der Waals surface area contributed by atoms with E-state index in [2.05, 4.69) is 5.32 Å². The molecule has 0 bridgehead atoms. The predicted molar refractivity (Wildman–Crippen MR) is 43.0 cm³/mol. The van der Waals surface area contributed by atoms with Gasteiger partial charge in [0.15, 0.2) is 9.84 Å². The van der Waals surface area contributed by atoms with Crippen molar-refractivity contribution in [2.45, 2.75) is 0 Å². The van der Waals surface area contributed by atoms with Crippen LogP contribution in [0, 0.1) is 0 Å². The molecule has 5 heteroatoms. The maximum atomic E-state index is 10.5. The molecule has 60 valence electrons. The Morgan fingerprint density at radius 3 is 2.10 bits per heavy atom. The minimum absolute atomic E-state index is 0. The smallest absolute Gasteiger partial charge is 0.168 e. The fourth-order valence-corrected chi connectivity index (χ4v) is 1.43. The first-order valence-corrected chi connectivity index (χ1v) is 4.63. The summed E-state index contributed by atoms with van der Waals surface area (Å²) in [5.74, 6) is 0. The lowest BCUT2D eigenvalue weighted by Gasteiger charge is -2.17. The van der Waals surface area contributed by atoms with Crippen molar-refractivity contribution in [2.75, 3.05) is 19.3 Å². The number of hydrogen-bond donors (Lipinski definition) is 1. The van der Waals surface area contributed by atoms with Crippen LogP contribution in [-0.2, 0) is 9.84 Å². The van der Waals surface area contributed by atoms with Crippen LogP contribution in [0.25, 0.3) is 0 Å². The van der Waals surface area contributed by atoms with E-state index in [4.69, 9.17) is 0 Å². The van der Waals surface area contributed by atoms with Crippen LogP contribution in [0.5, 0.6) is 0 Å². The van der Waals surface area contributed by atoms with Crippen molar-refractivity contribution in [3.05, 3.63) is 11.0 Å². The molecule has 10 heavy (non-hydrogen) atoms. The Morgan fingerprint density at radius 2 is 2.00 bits per heavy atom. The molecule has 1 rings (SSSR count). The van der Waals surface area contributed by atoms with E-state index in [1.165, 1.54) is 11.7 Å². The molecule has 0 spiro atoms. The standard InChI is InChI=1S/C5H9NO2S.ClH/c1-9(7,8)4-5-2-6-3-5;/h4,6H,2-3H2,1H3;1H. The van der Waals surface area contributed by atoms with Gasteiger partial charge in [0.1, 0.15) is 0 Å². The van der Waals surface area contributed by atoms with Gasteiger partial charge < -0.3 is 5.32 Å². The minimum atomic E-state index is -2.89. The highest BCUT2D eigenvalue weighted by molar-refractivity contribution is 7.93. The van der Waals surface area contributed by atoms with Crippen molar-refractivity contribution in [3.63, 3.8) is 0 Å². The van der Waals surface area contributed by atoms with Crippen LogP contribution in [0.3, 0.4) is 0 Å². The molecule has 1 aliphatic rings. The number of hydrogen-bond acceptors (Lipinski definition) is 3. The fraction of sp³-hybridized carbons (Fsp3) is 0.600. The van der Waals surface area contributed by atoms with Gasteiger partial charge in [0.25, 0.3) is 0 Å². The van der Waals surface area contributed by atoms with Gasteiger partial charge in [-0.3, -0.25) is 0 Å². The summed E-state index contributed by atoms with van der Waals surface area (Å²) in [6.45, 7) is 1.46. The van der Waals surface area contributed by atoms with Crippen molar-refractivity contribution in [3.8, 4) is 0 Å². The van der Waals surface area contributed by atoms with E-state index in [9.17, 15) is 8.42 Å². The van der Waals surface area contributed by atoms with Crippen molar-refractivity contribution in [1.82, 2.24) is 5.32 Å². The second-order valence-corrected chi connectivity index (χ2v) is 4.10. The maximum absolute atomic E-state index is 10.5. The van der Waals surface area contributed by atoms with Crippen LogP contribution in [0.15, 0.2) is 11.0 Å². The molecule has 1 aliphatic heterocycles.